The molecule has 0 atom stereocenters. The van der Waals surface area contributed by atoms with Crippen LogP contribution in [-0.2, 0) is 17.8 Å². The number of nitrogens with one attached hydrogen (secondary N) is 2. The van der Waals surface area contributed by atoms with Gasteiger partial charge in [-0.25, -0.2) is 4.98 Å². The molecule has 130 valence electrons. The number of hydrogen-bond acceptors (Lipinski definition) is 3. The van der Waals surface area contributed by atoms with Crippen LogP contribution in [0.1, 0.15) is 25.0 Å². The Labute approximate surface area is 148 Å². The number of benzene rings is 1. The molecule has 5 nitrogen and oxygen atoms in total. The van der Waals surface area contributed by atoms with Crippen molar-refractivity contribution in [2.24, 2.45) is 0 Å². The van der Waals surface area contributed by atoms with Crippen molar-refractivity contribution in [2.45, 2.75) is 26.8 Å². The largest absolute Gasteiger partial charge is 0.361 e. The first-order chi connectivity index (χ1) is 12.2. The van der Waals surface area contributed by atoms with Gasteiger partial charge >= 0.3 is 0 Å². The lowest BCUT2D eigenvalue weighted by atomic mass is 10.1. The molecule has 2 N–H and O–H groups in total. The molecular weight excluding hydrogens is 312 g/mol. The second-order valence-electron chi connectivity index (χ2n) is 5.97. The number of hydrogen-bond donors (Lipinski definition) is 2. The average Bonchev–Trinajstić information content (AvgIpc) is 3.05. The number of amides is 1. The highest BCUT2D eigenvalue weighted by atomic mass is 16.1. The van der Waals surface area contributed by atoms with Crippen LogP contribution in [0, 0.1) is 0 Å². The number of anilines is 1. The molecule has 0 fully saturated rings. The van der Waals surface area contributed by atoms with Gasteiger partial charge in [-0.05, 0) is 31.5 Å². The van der Waals surface area contributed by atoms with Crippen molar-refractivity contribution in [3.63, 3.8) is 0 Å². The first-order valence-corrected chi connectivity index (χ1v) is 8.73. The molecule has 25 heavy (non-hydrogen) atoms. The predicted octanol–water partition coefficient (Wildman–Crippen LogP) is 3.27. The minimum atomic E-state index is 0.0131. The summed E-state index contributed by atoms with van der Waals surface area (Å²) in [6.07, 6.45) is 4.07. The summed E-state index contributed by atoms with van der Waals surface area (Å²) in [7, 11) is 0. The van der Waals surface area contributed by atoms with E-state index in [0.717, 1.165) is 40.9 Å². The van der Waals surface area contributed by atoms with Crippen LogP contribution in [0.2, 0.25) is 0 Å². The highest BCUT2D eigenvalue weighted by molar-refractivity contribution is 5.88. The molecular formula is C20H24N4O. The van der Waals surface area contributed by atoms with Gasteiger partial charge in [0.25, 0.3) is 0 Å². The third-order valence-corrected chi connectivity index (χ3v) is 4.43. The van der Waals surface area contributed by atoms with Gasteiger partial charge in [-0.15, -0.1) is 0 Å². The van der Waals surface area contributed by atoms with E-state index >= 15 is 0 Å². The van der Waals surface area contributed by atoms with Gasteiger partial charge in [0.05, 0.1) is 6.42 Å². The number of carbonyl (C=O) groups excluding carboxylic acids is 1. The number of rotatable bonds is 7. The number of pyridine rings is 1. The lowest BCUT2D eigenvalue weighted by Gasteiger charge is -2.22. The number of H-pyrrole nitrogens is 1. The molecule has 5 heteroatoms. The van der Waals surface area contributed by atoms with E-state index in [2.05, 4.69) is 34.0 Å². The molecule has 1 amide bonds. The second-order valence-corrected chi connectivity index (χ2v) is 5.97. The average molecular weight is 336 g/mol. The predicted molar refractivity (Wildman–Crippen MR) is 102 cm³/mol. The Hall–Kier alpha value is -2.82. The fourth-order valence-electron chi connectivity index (χ4n) is 3.08. The quantitative estimate of drug-likeness (QED) is 0.696. The molecule has 0 unspecified atom stereocenters. The maximum Gasteiger partial charge on any atom is 0.224 e. The summed E-state index contributed by atoms with van der Waals surface area (Å²) in [5, 5.41) is 4.13. The Kier molecular flexibility index (Phi) is 5.33. The molecule has 3 rings (SSSR count). The van der Waals surface area contributed by atoms with E-state index in [9.17, 15) is 4.79 Å². The number of aromatic nitrogens is 2. The van der Waals surface area contributed by atoms with Crippen LogP contribution >= 0.6 is 0 Å². The zero-order valence-electron chi connectivity index (χ0n) is 14.7. The number of carbonyl (C=O) groups is 1. The standard InChI is InChI=1S/C20H24N4O/c1-3-24(4-2)20-15(8-7-11-21-20)13-23-19(25)12-16-14-22-18-10-6-5-9-17(16)18/h5-11,14,22H,3-4,12-13H2,1-2H3,(H,23,25). The van der Waals surface area contributed by atoms with Crippen LogP contribution in [-0.4, -0.2) is 29.0 Å². The molecule has 0 saturated heterocycles. The van der Waals surface area contributed by atoms with Crippen LogP contribution in [0.15, 0.2) is 48.8 Å². The maximum absolute atomic E-state index is 12.4. The van der Waals surface area contributed by atoms with Gasteiger partial charge in [0.15, 0.2) is 0 Å². The van der Waals surface area contributed by atoms with Crippen LogP contribution in [0.25, 0.3) is 10.9 Å². The van der Waals surface area contributed by atoms with Crippen molar-refractivity contribution in [3.05, 3.63) is 59.9 Å². The third-order valence-electron chi connectivity index (χ3n) is 4.43. The number of aromatic amines is 1. The Balaban J connectivity index is 1.67. The molecule has 0 aliphatic carbocycles. The molecule has 2 heterocycles. The Bertz CT molecular complexity index is 852. The molecule has 1 aromatic carbocycles. The lowest BCUT2D eigenvalue weighted by Crippen LogP contribution is -2.28. The van der Waals surface area contributed by atoms with E-state index in [1.807, 2.05) is 42.6 Å². The molecule has 2 aromatic heterocycles. The van der Waals surface area contributed by atoms with E-state index < -0.39 is 0 Å². The van der Waals surface area contributed by atoms with Gasteiger partial charge in [-0.3, -0.25) is 4.79 Å². The highest BCUT2D eigenvalue weighted by Crippen LogP contribution is 2.19. The smallest absolute Gasteiger partial charge is 0.224 e. The topological polar surface area (TPSA) is 61.0 Å². The number of para-hydroxylation sites is 1. The minimum absolute atomic E-state index is 0.0131. The van der Waals surface area contributed by atoms with Crippen LogP contribution < -0.4 is 10.2 Å². The summed E-state index contributed by atoms with van der Waals surface area (Å²) in [5.74, 6) is 0.957. The fraction of sp³-hybridized carbons (Fsp3) is 0.300. The Morgan fingerprint density at radius 3 is 2.72 bits per heavy atom. The van der Waals surface area contributed by atoms with Crippen LogP contribution in [0.3, 0.4) is 0 Å². The fourth-order valence-corrected chi connectivity index (χ4v) is 3.08. The summed E-state index contributed by atoms with van der Waals surface area (Å²) < 4.78 is 0. The van der Waals surface area contributed by atoms with Gasteiger partial charge < -0.3 is 15.2 Å². The van der Waals surface area contributed by atoms with Gasteiger partial charge in [0.2, 0.25) is 5.91 Å². The minimum Gasteiger partial charge on any atom is -0.361 e. The van der Waals surface area contributed by atoms with E-state index in [0.29, 0.717) is 13.0 Å². The van der Waals surface area contributed by atoms with Crippen molar-refractivity contribution in [1.82, 2.24) is 15.3 Å². The van der Waals surface area contributed by atoms with Crippen LogP contribution in [0.5, 0.6) is 0 Å². The molecule has 0 aliphatic rings. The van der Waals surface area contributed by atoms with E-state index in [1.54, 1.807) is 6.20 Å². The van der Waals surface area contributed by atoms with Crippen molar-refractivity contribution < 1.29 is 4.79 Å². The summed E-state index contributed by atoms with van der Waals surface area (Å²) in [5.41, 5.74) is 3.11. The summed E-state index contributed by atoms with van der Waals surface area (Å²) >= 11 is 0. The molecule has 0 radical (unpaired) electrons. The van der Waals surface area contributed by atoms with Crippen molar-refractivity contribution in [1.29, 1.82) is 0 Å². The summed E-state index contributed by atoms with van der Waals surface area (Å²) in [6.45, 7) is 6.49. The zero-order valence-corrected chi connectivity index (χ0v) is 14.7. The highest BCUT2D eigenvalue weighted by Gasteiger charge is 2.12. The monoisotopic (exact) mass is 336 g/mol. The maximum atomic E-state index is 12.4. The molecule has 0 bridgehead atoms. The van der Waals surface area contributed by atoms with Gasteiger partial charge in [-0.1, -0.05) is 24.3 Å². The van der Waals surface area contributed by atoms with E-state index in [4.69, 9.17) is 0 Å². The van der Waals surface area contributed by atoms with E-state index in [1.165, 1.54) is 0 Å². The number of fused-ring (bicyclic) bond motifs is 1. The summed E-state index contributed by atoms with van der Waals surface area (Å²) in [4.78, 5) is 22.3. The van der Waals surface area contributed by atoms with E-state index in [-0.39, 0.29) is 5.91 Å². The molecule has 0 aliphatic heterocycles. The lowest BCUT2D eigenvalue weighted by molar-refractivity contribution is -0.120. The first kappa shape index (κ1) is 17.0. The van der Waals surface area contributed by atoms with Crippen LogP contribution in [0.4, 0.5) is 5.82 Å². The second kappa shape index (κ2) is 7.83. The van der Waals surface area contributed by atoms with Gasteiger partial charge in [-0.2, -0.15) is 0 Å². The third kappa shape index (κ3) is 3.82. The van der Waals surface area contributed by atoms with Crippen molar-refractivity contribution in [2.75, 3.05) is 18.0 Å². The van der Waals surface area contributed by atoms with Gasteiger partial charge in [0.1, 0.15) is 5.82 Å². The molecule has 0 saturated carbocycles. The number of nitrogens with zero attached hydrogens (tertiary/aromatic N) is 2. The van der Waals surface area contributed by atoms with Gasteiger partial charge in [0, 0.05) is 48.5 Å². The zero-order chi connectivity index (χ0) is 17.6. The normalized spacial score (nSPS) is 10.8. The SMILES string of the molecule is CCN(CC)c1ncccc1CNC(=O)Cc1c[nH]c2ccccc12. The van der Waals surface area contributed by atoms with Crippen molar-refractivity contribution >= 4 is 22.6 Å². The first-order valence-electron chi connectivity index (χ1n) is 8.73. The Morgan fingerprint density at radius 1 is 1.12 bits per heavy atom. The van der Waals surface area contributed by atoms with Crippen molar-refractivity contribution in [3.8, 4) is 0 Å². The molecule has 0 spiro atoms. The Morgan fingerprint density at radius 2 is 1.92 bits per heavy atom. The molecule has 3 aromatic rings. The summed E-state index contributed by atoms with van der Waals surface area (Å²) in [6, 6.07) is 12.0.